The predicted molar refractivity (Wildman–Crippen MR) is 111 cm³/mol. The minimum absolute atomic E-state index is 0.139. The maximum atomic E-state index is 12.9. The van der Waals surface area contributed by atoms with Gasteiger partial charge < -0.3 is 10.2 Å². The van der Waals surface area contributed by atoms with Crippen LogP contribution in [0.3, 0.4) is 0 Å². The molecule has 0 radical (unpaired) electrons. The lowest BCUT2D eigenvalue weighted by molar-refractivity contribution is -0.133. The van der Waals surface area contributed by atoms with Crippen LogP contribution in [0.5, 0.6) is 0 Å². The molecule has 2 aromatic carbocycles. The first-order valence-electron chi connectivity index (χ1n) is 9.30. The molecule has 0 bridgehead atoms. The fourth-order valence-corrected chi connectivity index (χ4v) is 3.68. The van der Waals surface area contributed by atoms with Gasteiger partial charge in [-0.05, 0) is 42.3 Å². The third kappa shape index (κ3) is 5.87. The van der Waals surface area contributed by atoms with E-state index in [1.807, 2.05) is 34.1 Å². The number of piperazine rings is 1. The highest BCUT2D eigenvalue weighted by Crippen LogP contribution is 2.18. The molecule has 28 heavy (non-hydrogen) atoms. The largest absolute Gasteiger partial charge is 0.340 e. The molecule has 1 heterocycles. The molecule has 0 unspecified atom stereocenters. The highest BCUT2D eigenvalue weighted by atomic mass is 79.9. The van der Waals surface area contributed by atoms with Gasteiger partial charge in [-0.25, -0.2) is 4.39 Å². The number of carbonyl (C=O) groups is 2. The number of nitrogens with zero attached hydrogens (tertiary/aromatic N) is 2. The third-order valence-corrected chi connectivity index (χ3v) is 5.56. The Bertz CT molecular complexity index is 821. The van der Waals surface area contributed by atoms with Gasteiger partial charge in [0.15, 0.2) is 0 Å². The molecule has 0 saturated carbocycles. The Hall–Kier alpha value is -2.25. The Morgan fingerprint density at radius 2 is 1.68 bits per heavy atom. The monoisotopic (exact) mass is 447 g/mol. The van der Waals surface area contributed by atoms with Gasteiger partial charge >= 0.3 is 0 Å². The number of rotatable bonds is 6. The molecule has 1 aliphatic heterocycles. The lowest BCUT2D eigenvalue weighted by atomic mass is 10.1. The summed E-state index contributed by atoms with van der Waals surface area (Å²) in [7, 11) is 0. The van der Waals surface area contributed by atoms with Crippen molar-refractivity contribution >= 4 is 33.4 Å². The van der Waals surface area contributed by atoms with E-state index in [4.69, 9.17) is 0 Å². The molecule has 2 aromatic rings. The minimum atomic E-state index is -0.335. The molecule has 1 N–H and O–H groups in total. The summed E-state index contributed by atoms with van der Waals surface area (Å²) in [6, 6.07) is 13.6. The molecular formula is C21H23BrFN3O2. The lowest BCUT2D eigenvalue weighted by Gasteiger charge is -2.34. The molecule has 1 saturated heterocycles. The zero-order valence-electron chi connectivity index (χ0n) is 15.5. The van der Waals surface area contributed by atoms with E-state index in [0.717, 1.165) is 10.0 Å². The normalized spacial score (nSPS) is 14.7. The molecule has 0 aliphatic carbocycles. The maximum Gasteiger partial charge on any atom is 0.238 e. The van der Waals surface area contributed by atoms with Gasteiger partial charge in [0, 0.05) is 42.8 Å². The number of aryl methyl sites for hydroxylation is 1. The van der Waals surface area contributed by atoms with Gasteiger partial charge in [0.1, 0.15) is 5.82 Å². The number of anilines is 1. The lowest BCUT2D eigenvalue weighted by Crippen LogP contribution is -2.50. The maximum absolute atomic E-state index is 12.9. The number of benzene rings is 2. The topological polar surface area (TPSA) is 52.7 Å². The average molecular weight is 448 g/mol. The molecule has 3 rings (SSSR count). The Kier molecular flexibility index (Phi) is 7.17. The van der Waals surface area contributed by atoms with E-state index in [1.54, 1.807) is 0 Å². The Morgan fingerprint density at radius 1 is 1.00 bits per heavy atom. The molecule has 2 amide bonds. The van der Waals surface area contributed by atoms with Crippen molar-refractivity contribution in [3.05, 3.63) is 64.4 Å². The summed E-state index contributed by atoms with van der Waals surface area (Å²) in [4.78, 5) is 28.5. The quantitative estimate of drug-likeness (QED) is 0.738. The summed E-state index contributed by atoms with van der Waals surface area (Å²) in [5.74, 6) is -0.329. The summed E-state index contributed by atoms with van der Waals surface area (Å²) >= 11 is 3.51. The highest BCUT2D eigenvalue weighted by Gasteiger charge is 2.22. The van der Waals surface area contributed by atoms with E-state index >= 15 is 0 Å². The van der Waals surface area contributed by atoms with Gasteiger partial charge in [0.05, 0.1) is 6.54 Å². The number of amides is 2. The van der Waals surface area contributed by atoms with Crippen LogP contribution in [0.4, 0.5) is 10.1 Å². The Labute approximate surface area is 172 Å². The van der Waals surface area contributed by atoms with Gasteiger partial charge in [-0.2, -0.15) is 0 Å². The van der Waals surface area contributed by atoms with E-state index in [0.29, 0.717) is 44.7 Å². The summed E-state index contributed by atoms with van der Waals surface area (Å²) in [5.41, 5.74) is 1.71. The molecule has 0 aromatic heterocycles. The zero-order valence-corrected chi connectivity index (χ0v) is 17.1. The van der Waals surface area contributed by atoms with Gasteiger partial charge in [0.25, 0.3) is 0 Å². The van der Waals surface area contributed by atoms with Gasteiger partial charge in [0.2, 0.25) is 11.8 Å². The third-order valence-electron chi connectivity index (χ3n) is 4.79. The van der Waals surface area contributed by atoms with Crippen molar-refractivity contribution in [1.82, 2.24) is 9.80 Å². The molecule has 7 heteroatoms. The standard InChI is InChI=1S/C21H23BrFN3O2/c22-19-4-2-1-3-16(19)5-10-21(28)26-13-11-25(12-14-26)15-20(27)24-18-8-6-17(23)7-9-18/h1-4,6-9H,5,10-15H2,(H,24,27). The van der Waals surface area contributed by atoms with Crippen LogP contribution < -0.4 is 5.32 Å². The van der Waals surface area contributed by atoms with Gasteiger partial charge in [-0.3, -0.25) is 14.5 Å². The molecule has 1 fully saturated rings. The van der Waals surface area contributed by atoms with Crippen LogP contribution in [0, 0.1) is 5.82 Å². The molecule has 148 valence electrons. The smallest absolute Gasteiger partial charge is 0.238 e. The predicted octanol–water partition coefficient (Wildman–Crippen LogP) is 3.30. The van der Waals surface area contributed by atoms with Crippen LogP contribution in [0.1, 0.15) is 12.0 Å². The molecule has 0 spiro atoms. The fourth-order valence-electron chi connectivity index (χ4n) is 3.19. The van der Waals surface area contributed by atoms with Crippen molar-refractivity contribution in [2.24, 2.45) is 0 Å². The van der Waals surface area contributed by atoms with Crippen molar-refractivity contribution in [3.63, 3.8) is 0 Å². The number of halogens is 2. The summed E-state index contributed by atoms with van der Waals surface area (Å²) in [6.07, 6.45) is 1.19. The molecular weight excluding hydrogens is 425 g/mol. The summed E-state index contributed by atoms with van der Waals surface area (Å²) in [5, 5.41) is 2.76. The van der Waals surface area contributed by atoms with Crippen molar-refractivity contribution < 1.29 is 14.0 Å². The summed E-state index contributed by atoms with van der Waals surface area (Å²) < 4.78 is 13.9. The van der Waals surface area contributed by atoms with Crippen LogP contribution in [0.15, 0.2) is 53.0 Å². The average Bonchev–Trinajstić information content (AvgIpc) is 2.69. The highest BCUT2D eigenvalue weighted by molar-refractivity contribution is 9.10. The number of carbonyl (C=O) groups excluding carboxylic acids is 2. The van der Waals surface area contributed by atoms with Crippen molar-refractivity contribution in [1.29, 1.82) is 0 Å². The zero-order chi connectivity index (χ0) is 19.9. The van der Waals surface area contributed by atoms with Crippen LogP contribution in [0.2, 0.25) is 0 Å². The second-order valence-corrected chi connectivity index (χ2v) is 7.66. The van der Waals surface area contributed by atoms with Crippen LogP contribution in [-0.4, -0.2) is 54.3 Å². The van der Waals surface area contributed by atoms with E-state index in [9.17, 15) is 14.0 Å². The SMILES string of the molecule is O=C(CN1CCN(C(=O)CCc2ccccc2Br)CC1)Nc1ccc(F)cc1. The van der Waals surface area contributed by atoms with Crippen molar-refractivity contribution in [3.8, 4) is 0 Å². The molecule has 1 aliphatic rings. The van der Waals surface area contributed by atoms with Crippen molar-refractivity contribution in [2.45, 2.75) is 12.8 Å². The van der Waals surface area contributed by atoms with Crippen molar-refractivity contribution in [2.75, 3.05) is 38.0 Å². The minimum Gasteiger partial charge on any atom is -0.340 e. The first-order chi connectivity index (χ1) is 13.5. The van der Waals surface area contributed by atoms with E-state index < -0.39 is 0 Å². The second kappa shape index (κ2) is 9.80. The Morgan fingerprint density at radius 3 is 2.36 bits per heavy atom. The first kappa shape index (κ1) is 20.5. The first-order valence-corrected chi connectivity index (χ1v) is 10.1. The van der Waals surface area contributed by atoms with E-state index in [1.165, 1.54) is 24.3 Å². The van der Waals surface area contributed by atoms with Crippen LogP contribution in [-0.2, 0) is 16.0 Å². The number of hydrogen-bond acceptors (Lipinski definition) is 3. The summed E-state index contributed by atoms with van der Waals surface area (Å²) in [6.45, 7) is 2.84. The fraction of sp³-hybridized carbons (Fsp3) is 0.333. The molecule has 5 nitrogen and oxygen atoms in total. The van der Waals surface area contributed by atoms with E-state index in [-0.39, 0.29) is 24.2 Å². The van der Waals surface area contributed by atoms with Crippen LogP contribution >= 0.6 is 15.9 Å². The second-order valence-electron chi connectivity index (χ2n) is 6.80. The number of hydrogen-bond donors (Lipinski definition) is 1. The van der Waals surface area contributed by atoms with E-state index in [2.05, 4.69) is 21.2 Å². The Balaban J connectivity index is 1.40. The van der Waals surface area contributed by atoms with Gasteiger partial charge in [-0.1, -0.05) is 34.1 Å². The number of nitrogens with one attached hydrogen (secondary N) is 1. The van der Waals surface area contributed by atoms with Gasteiger partial charge in [-0.15, -0.1) is 0 Å². The molecule has 0 atom stereocenters. The van der Waals surface area contributed by atoms with Crippen LogP contribution in [0.25, 0.3) is 0 Å².